The number of carbonyl (C=O) groups excluding carboxylic acids is 1. The van der Waals surface area contributed by atoms with Crippen molar-refractivity contribution in [3.63, 3.8) is 0 Å². The molecule has 1 aromatic rings. The van der Waals surface area contributed by atoms with E-state index in [2.05, 4.69) is 25.2 Å². The minimum absolute atomic E-state index is 0.0129. The molecule has 0 aliphatic heterocycles. The molecule has 0 fully saturated rings. The standard InChI is InChI=1S/C16H22ClNOS/c1-13(2)12-18-16(19)8-10-20-9-4-6-14-5-3-7-15(17)11-14/h3,5,7-8,10-11,13H,4,6,9,12H2,1-2H3,(H,18,19)/b10-8-. The molecule has 0 atom stereocenters. The van der Waals surface area contributed by atoms with E-state index < -0.39 is 0 Å². The fourth-order valence-electron chi connectivity index (χ4n) is 1.59. The van der Waals surface area contributed by atoms with Crippen molar-refractivity contribution in [1.29, 1.82) is 0 Å². The van der Waals surface area contributed by atoms with Crippen LogP contribution in [0.4, 0.5) is 0 Å². The van der Waals surface area contributed by atoms with Crippen LogP contribution in [0, 0.1) is 5.92 Å². The number of carbonyl (C=O) groups is 1. The van der Waals surface area contributed by atoms with Gasteiger partial charge in [-0.3, -0.25) is 4.79 Å². The number of aryl methyl sites for hydroxylation is 1. The summed E-state index contributed by atoms with van der Waals surface area (Å²) in [5, 5.41) is 5.51. The van der Waals surface area contributed by atoms with Gasteiger partial charge in [0, 0.05) is 17.6 Å². The number of rotatable bonds is 8. The Morgan fingerprint density at radius 3 is 2.95 bits per heavy atom. The Labute approximate surface area is 131 Å². The molecule has 0 spiro atoms. The molecule has 1 amide bonds. The van der Waals surface area contributed by atoms with Gasteiger partial charge in [-0.2, -0.15) is 0 Å². The number of thioether (sulfide) groups is 1. The molecular formula is C16H22ClNOS. The lowest BCUT2D eigenvalue weighted by Gasteiger charge is -2.04. The molecule has 1 N–H and O–H groups in total. The summed E-state index contributed by atoms with van der Waals surface area (Å²) in [5.74, 6) is 1.47. The van der Waals surface area contributed by atoms with E-state index in [4.69, 9.17) is 11.6 Å². The van der Waals surface area contributed by atoms with Crippen molar-refractivity contribution in [3.8, 4) is 0 Å². The Hall–Kier alpha value is -0.930. The first-order chi connectivity index (χ1) is 9.58. The largest absolute Gasteiger partial charge is 0.352 e. The zero-order chi connectivity index (χ0) is 14.8. The van der Waals surface area contributed by atoms with Gasteiger partial charge in [-0.25, -0.2) is 0 Å². The van der Waals surface area contributed by atoms with E-state index in [-0.39, 0.29) is 5.91 Å². The predicted molar refractivity (Wildman–Crippen MR) is 89.2 cm³/mol. The Kier molecular flexibility index (Phi) is 8.47. The number of nitrogens with one attached hydrogen (secondary N) is 1. The van der Waals surface area contributed by atoms with Gasteiger partial charge in [-0.1, -0.05) is 37.6 Å². The third-order valence-corrected chi connectivity index (χ3v) is 3.70. The second-order valence-corrected chi connectivity index (χ2v) is 6.50. The highest BCUT2D eigenvalue weighted by Crippen LogP contribution is 2.13. The van der Waals surface area contributed by atoms with E-state index in [1.807, 2.05) is 23.6 Å². The van der Waals surface area contributed by atoms with Gasteiger partial charge in [0.2, 0.25) is 5.91 Å². The fourth-order valence-corrected chi connectivity index (χ4v) is 2.47. The van der Waals surface area contributed by atoms with Gasteiger partial charge in [0.25, 0.3) is 0 Å². The van der Waals surface area contributed by atoms with Gasteiger partial charge in [0.1, 0.15) is 0 Å². The number of amides is 1. The van der Waals surface area contributed by atoms with Gasteiger partial charge in [-0.05, 0) is 47.6 Å². The van der Waals surface area contributed by atoms with Crippen LogP contribution in [0.2, 0.25) is 5.02 Å². The first-order valence-corrected chi connectivity index (χ1v) is 8.31. The maximum Gasteiger partial charge on any atom is 0.244 e. The molecule has 0 saturated heterocycles. The average Bonchev–Trinajstić information content (AvgIpc) is 2.40. The summed E-state index contributed by atoms with van der Waals surface area (Å²) >= 11 is 7.60. The van der Waals surface area contributed by atoms with Crippen molar-refractivity contribution in [2.75, 3.05) is 12.3 Å². The van der Waals surface area contributed by atoms with E-state index in [0.29, 0.717) is 5.92 Å². The van der Waals surface area contributed by atoms with E-state index >= 15 is 0 Å². The molecule has 1 aromatic carbocycles. The molecule has 0 aliphatic carbocycles. The lowest BCUT2D eigenvalue weighted by atomic mass is 10.1. The van der Waals surface area contributed by atoms with Crippen LogP contribution < -0.4 is 5.32 Å². The first kappa shape index (κ1) is 17.1. The molecule has 0 aromatic heterocycles. The summed E-state index contributed by atoms with van der Waals surface area (Å²) in [5.41, 5.74) is 1.26. The van der Waals surface area contributed by atoms with Crippen molar-refractivity contribution < 1.29 is 4.79 Å². The van der Waals surface area contributed by atoms with Crippen molar-refractivity contribution in [3.05, 3.63) is 46.3 Å². The van der Waals surface area contributed by atoms with Crippen LogP contribution >= 0.6 is 23.4 Å². The fraction of sp³-hybridized carbons (Fsp3) is 0.438. The van der Waals surface area contributed by atoms with Crippen molar-refractivity contribution >= 4 is 29.3 Å². The lowest BCUT2D eigenvalue weighted by Crippen LogP contribution is -2.25. The number of benzene rings is 1. The zero-order valence-corrected chi connectivity index (χ0v) is 13.6. The normalized spacial score (nSPS) is 11.2. The Balaban J connectivity index is 2.11. The molecule has 0 unspecified atom stereocenters. The quantitative estimate of drug-likeness (QED) is 0.573. The summed E-state index contributed by atoms with van der Waals surface area (Å²) in [7, 11) is 0. The zero-order valence-electron chi connectivity index (χ0n) is 12.1. The van der Waals surface area contributed by atoms with Gasteiger partial charge in [0.05, 0.1) is 0 Å². The highest BCUT2D eigenvalue weighted by molar-refractivity contribution is 8.02. The first-order valence-electron chi connectivity index (χ1n) is 6.88. The van der Waals surface area contributed by atoms with Crippen LogP contribution in [0.3, 0.4) is 0 Å². The Morgan fingerprint density at radius 1 is 1.45 bits per heavy atom. The van der Waals surface area contributed by atoms with Gasteiger partial charge >= 0.3 is 0 Å². The molecule has 4 heteroatoms. The number of hydrogen-bond acceptors (Lipinski definition) is 2. The van der Waals surface area contributed by atoms with Crippen LogP contribution in [0.25, 0.3) is 0 Å². The lowest BCUT2D eigenvalue weighted by molar-refractivity contribution is -0.116. The highest BCUT2D eigenvalue weighted by atomic mass is 35.5. The van der Waals surface area contributed by atoms with E-state index in [1.54, 1.807) is 17.8 Å². The summed E-state index contributed by atoms with van der Waals surface area (Å²) in [6.45, 7) is 4.88. The van der Waals surface area contributed by atoms with Crippen LogP contribution in [0.15, 0.2) is 35.7 Å². The Bertz CT molecular complexity index is 446. The van der Waals surface area contributed by atoms with Gasteiger partial charge < -0.3 is 5.32 Å². The van der Waals surface area contributed by atoms with E-state index in [9.17, 15) is 4.79 Å². The second-order valence-electron chi connectivity index (χ2n) is 5.05. The molecule has 110 valence electrons. The van der Waals surface area contributed by atoms with Crippen LogP contribution in [-0.2, 0) is 11.2 Å². The van der Waals surface area contributed by atoms with Crippen LogP contribution in [-0.4, -0.2) is 18.2 Å². The smallest absolute Gasteiger partial charge is 0.244 e. The molecule has 0 heterocycles. The van der Waals surface area contributed by atoms with Crippen molar-refractivity contribution in [2.24, 2.45) is 5.92 Å². The van der Waals surface area contributed by atoms with Crippen molar-refractivity contribution in [1.82, 2.24) is 5.32 Å². The number of hydrogen-bond donors (Lipinski definition) is 1. The summed E-state index contributed by atoms with van der Waals surface area (Å²) in [6, 6.07) is 7.95. The molecular weight excluding hydrogens is 290 g/mol. The highest BCUT2D eigenvalue weighted by Gasteiger charge is 1.97. The molecule has 0 bridgehead atoms. The van der Waals surface area contributed by atoms with Crippen LogP contribution in [0.1, 0.15) is 25.8 Å². The predicted octanol–water partition coefficient (Wildman–Crippen LogP) is 4.29. The SMILES string of the molecule is CC(C)CNC(=O)/C=C\SCCCc1cccc(Cl)c1. The number of halogens is 1. The van der Waals surface area contributed by atoms with Crippen LogP contribution in [0.5, 0.6) is 0 Å². The van der Waals surface area contributed by atoms with Crippen molar-refractivity contribution in [2.45, 2.75) is 26.7 Å². The summed E-state index contributed by atoms with van der Waals surface area (Å²) in [6.07, 6.45) is 3.69. The minimum Gasteiger partial charge on any atom is -0.352 e. The molecule has 0 aliphatic rings. The average molecular weight is 312 g/mol. The van der Waals surface area contributed by atoms with Gasteiger partial charge in [-0.15, -0.1) is 11.8 Å². The third kappa shape index (κ3) is 8.28. The summed E-state index contributed by atoms with van der Waals surface area (Å²) < 4.78 is 0. The third-order valence-electron chi connectivity index (χ3n) is 2.62. The molecule has 1 rings (SSSR count). The molecule has 0 radical (unpaired) electrons. The molecule has 20 heavy (non-hydrogen) atoms. The monoisotopic (exact) mass is 311 g/mol. The summed E-state index contributed by atoms with van der Waals surface area (Å²) in [4.78, 5) is 11.4. The van der Waals surface area contributed by atoms with Gasteiger partial charge in [0.15, 0.2) is 0 Å². The Morgan fingerprint density at radius 2 is 2.25 bits per heavy atom. The maximum atomic E-state index is 11.4. The minimum atomic E-state index is -0.0129. The maximum absolute atomic E-state index is 11.4. The topological polar surface area (TPSA) is 29.1 Å². The second kappa shape index (κ2) is 9.89. The molecule has 0 saturated carbocycles. The van der Waals surface area contributed by atoms with E-state index in [0.717, 1.165) is 30.2 Å². The van der Waals surface area contributed by atoms with E-state index in [1.165, 1.54) is 5.56 Å². The molecule has 2 nitrogen and oxygen atoms in total.